The minimum Gasteiger partial charge on any atom is -0.412 e. The molecule has 1 unspecified atom stereocenters. The van der Waals surface area contributed by atoms with Gasteiger partial charge in [-0.2, -0.15) is 5.10 Å². The molecule has 154 valence electrons. The Morgan fingerprint density at radius 2 is 1.85 bits per heavy atom. The van der Waals surface area contributed by atoms with E-state index in [-0.39, 0.29) is 11.0 Å². The Kier molecular flexibility index (Phi) is 8.82. The average Bonchev–Trinajstić information content (AvgIpc) is 2.89. The van der Waals surface area contributed by atoms with Gasteiger partial charge < -0.3 is 9.16 Å². The number of hydrazone groups is 1. The lowest BCUT2D eigenvalue weighted by Gasteiger charge is -2.39. The lowest BCUT2D eigenvalue weighted by Crippen LogP contribution is -2.44. The molecule has 1 aliphatic rings. The SMILES string of the molecule is CCCCC(C)(C/C(=N/N1CCC[C@H]1COC)C(C)(C)C)O[Si](C)(C)C. The van der Waals surface area contributed by atoms with Crippen molar-refractivity contribution in [1.29, 1.82) is 0 Å². The van der Waals surface area contributed by atoms with E-state index >= 15 is 0 Å². The van der Waals surface area contributed by atoms with Crippen LogP contribution in [0.25, 0.3) is 0 Å². The quantitative estimate of drug-likeness (QED) is 0.358. The van der Waals surface area contributed by atoms with Gasteiger partial charge in [-0.15, -0.1) is 0 Å². The van der Waals surface area contributed by atoms with Gasteiger partial charge >= 0.3 is 0 Å². The number of methoxy groups -OCH3 is 1. The van der Waals surface area contributed by atoms with E-state index < -0.39 is 8.32 Å². The van der Waals surface area contributed by atoms with Gasteiger partial charge in [-0.25, -0.2) is 0 Å². The molecule has 0 saturated carbocycles. The van der Waals surface area contributed by atoms with Crippen LogP contribution >= 0.6 is 0 Å². The Morgan fingerprint density at radius 1 is 1.19 bits per heavy atom. The summed E-state index contributed by atoms with van der Waals surface area (Å²) in [6.07, 6.45) is 6.80. The van der Waals surface area contributed by atoms with E-state index in [1.54, 1.807) is 7.11 Å². The van der Waals surface area contributed by atoms with Gasteiger partial charge in [0.25, 0.3) is 0 Å². The molecule has 26 heavy (non-hydrogen) atoms. The van der Waals surface area contributed by atoms with Crippen molar-refractivity contribution in [2.24, 2.45) is 10.5 Å². The zero-order valence-corrected chi connectivity index (χ0v) is 19.9. The van der Waals surface area contributed by atoms with Crippen LogP contribution in [0.4, 0.5) is 0 Å². The maximum Gasteiger partial charge on any atom is 0.184 e. The predicted molar refractivity (Wildman–Crippen MR) is 115 cm³/mol. The first-order valence-corrected chi connectivity index (χ1v) is 13.8. The summed E-state index contributed by atoms with van der Waals surface area (Å²) >= 11 is 0. The smallest absolute Gasteiger partial charge is 0.184 e. The lowest BCUT2D eigenvalue weighted by atomic mass is 9.81. The first-order valence-electron chi connectivity index (χ1n) is 10.4. The number of hydrogen-bond acceptors (Lipinski definition) is 4. The van der Waals surface area contributed by atoms with Gasteiger partial charge in [-0.05, 0) is 45.8 Å². The minimum atomic E-state index is -1.63. The maximum absolute atomic E-state index is 6.71. The summed E-state index contributed by atoms with van der Waals surface area (Å²) in [5.74, 6) is 0. The van der Waals surface area contributed by atoms with Crippen molar-refractivity contribution in [1.82, 2.24) is 5.01 Å². The average molecular weight is 385 g/mol. The molecule has 0 bridgehead atoms. The summed E-state index contributed by atoms with van der Waals surface area (Å²) in [5, 5.41) is 7.45. The largest absolute Gasteiger partial charge is 0.412 e. The summed E-state index contributed by atoms with van der Waals surface area (Å²) in [6, 6.07) is 0.414. The van der Waals surface area contributed by atoms with Crippen LogP contribution in [0.15, 0.2) is 5.10 Å². The molecule has 5 heteroatoms. The number of ether oxygens (including phenoxy) is 1. The molecule has 4 nitrogen and oxygen atoms in total. The summed E-state index contributed by atoms with van der Waals surface area (Å²) in [6.45, 7) is 20.1. The Hall–Kier alpha value is -0.393. The van der Waals surface area contributed by atoms with Gasteiger partial charge in [0.15, 0.2) is 8.32 Å². The third-order valence-corrected chi connectivity index (χ3v) is 6.08. The van der Waals surface area contributed by atoms with Crippen LogP contribution in [0.2, 0.25) is 19.6 Å². The fourth-order valence-corrected chi connectivity index (χ4v) is 5.39. The van der Waals surface area contributed by atoms with Gasteiger partial charge in [-0.1, -0.05) is 40.5 Å². The van der Waals surface area contributed by atoms with Crippen molar-refractivity contribution in [3.05, 3.63) is 0 Å². The van der Waals surface area contributed by atoms with Crippen LogP contribution in [0.1, 0.15) is 73.1 Å². The van der Waals surface area contributed by atoms with Crippen LogP contribution in [-0.4, -0.2) is 50.9 Å². The standard InChI is InChI=1S/C21H44N2O2Si/c1-10-11-14-21(5,25-26(7,8)9)16-19(20(2,3)4)22-23-15-12-13-18(23)17-24-6/h18H,10-17H2,1-9H3/b22-19-/t18-,21?/m0/s1. The zero-order valence-electron chi connectivity index (χ0n) is 18.9. The molecule has 0 radical (unpaired) electrons. The monoisotopic (exact) mass is 384 g/mol. The minimum absolute atomic E-state index is 0.0382. The second kappa shape index (κ2) is 9.70. The van der Waals surface area contributed by atoms with Crippen LogP contribution in [0.3, 0.4) is 0 Å². The summed E-state index contributed by atoms with van der Waals surface area (Å²) < 4.78 is 12.1. The summed E-state index contributed by atoms with van der Waals surface area (Å²) in [5.41, 5.74) is 1.18. The fourth-order valence-electron chi connectivity index (χ4n) is 3.74. The summed E-state index contributed by atoms with van der Waals surface area (Å²) in [4.78, 5) is 0. The zero-order chi connectivity index (χ0) is 20.0. The molecule has 0 aromatic rings. The normalized spacial score (nSPS) is 22.0. The van der Waals surface area contributed by atoms with Crippen molar-refractivity contribution in [2.45, 2.75) is 104 Å². The Labute approximate surface area is 163 Å². The molecule has 0 spiro atoms. The molecule has 1 heterocycles. The fraction of sp³-hybridized carbons (Fsp3) is 0.952. The Morgan fingerprint density at radius 3 is 2.35 bits per heavy atom. The van der Waals surface area contributed by atoms with E-state index in [9.17, 15) is 0 Å². The number of hydrogen-bond donors (Lipinski definition) is 0. The molecule has 1 aliphatic heterocycles. The predicted octanol–water partition coefficient (Wildman–Crippen LogP) is 5.69. The van der Waals surface area contributed by atoms with Crippen molar-refractivity contribution in [3.8, 4) is 0 Å². The molecule has 2 atom stereocenters. The van der Waals surface area contributed by atoms with Crippen LogP contribution in [-0.2, 0) is 9.16 Å². The molecular weight excluding hydrogens is 340 g/mol. The van der Waals surface area contributed by atoms with E-state index in [2.05, 4.69) is 59.3 Å². The van der Waals surface area contributed by atoms with E-state index in [1.165, 1.54) is 31.4 Å². The van der Waals surface area contributed by atoms with Gasteiger partial charge in [-0.3, -0.25) is 5.01 Å². The van der Waals surface area contributed by atoms with Gasteiger partial charge in [0.1, 0.15) is 0 Å². The topological polar surface area (TPSA) is 34.1 Å². The third-order valence-electron chi connectivity index (χ3n) is 4.97. The van der Waals surface area contributed by atoms with Crippen molar-refractivity contribution in [3.63, 3.8) is 0 Å². The number of rotatable bonds is 10. The molecule has 0 aromatic carbocycles. The van der Waals surface area contributed by atoms with E-state index in [1.807, 2.05) is 0 Å². The molecule has 0 amide bonds. The highest BCUT2D eigenvalue weighted by atomic mass is 28.4. The van der Waals surface area contributed by atoms with E-state index in [4.69, 9.17) is 14.3 Å². The van der Waals surface area contributed by atoms with Gasteiger partial charge in [0.2, 0.25) is 0 Å². The van der Waals surface area contributed by atoms with Crippen LogP contribution < -0.4 is 0 Å². The highest BCUT2D eigenvalue weighted by Gasteiger charge is 2.36. The van der Waals surface area contributed by atoms with Crippen molar-refractivity contribution < 1.29 is 9.16 Å². The molecule has 1 rings (SSSR count). The highest BCUT2D eigenvalue weighted by molar-refractivity contribution is 6.69. The second-order valence-corrected chi connectivity index (χ2v) is 14.6. The van der Waals surface area contributed by atoms with Crippen molar-refractivity contribution in [2.75, 3.05) is 20.3 Å². The number of nitrogens with zero attached hydrogens (tertiary/aromatic N) is 2. The Bertz CT molecular complexity index is 454. The first kappa shape index (κ1) is 23.6. The molecule has 1 saturated heterocycles. The molecular formula is C21H44N2O2Si. The summed E-state index contributed by atoms with van der Waals surface area (Å²) in [7, 11) is 0.159. The molecule has 0 aliphatic carbocycles. The van der Waals surface area contributed by atoms with Gasteiger partial charge in [0.05, 0.1) is 18.2 Å². The first-order chi connectivity index (χ1) is 11.9. The molecule has 0 aromatic heterocycles. The van der Waals surface area contributed by atoms with Crippen LogP contribution in [0.5, 0.6) is 0 Å². The van der Waals surface area contributed by atoms with E-state index in [0.717, 1.165) is 26.0 Å². The Balaban J connectivity index is 3.08. The highest BCUT2D eigenvalue weighted by Crippen LogP contribution is 2.33. The van der Waals surface area contributed by atoms with Crippen LogP contribution in [0, 0.1) is 5.41 Å². The van der Waals surface area contributed by atoms with Crippen molar-refractivity contribution >= 4 is 14.0 Å². The van der Waals surface area contributed by atoms with E-state index in [0.29, 0.717) is 6.04 Å². The number of unbranched alkanes of at least 4 members (excludes halogenated alkanes) is 1. The lowest BCUT2D eigenvalue weighted by molar-refractivity contribution is 0.0725. The maximum atomic E-state index is 6.71. The molecule has 1 fully saturated rings. The third kappa shape index (κ3) is 8.09. The molecule has 0 N–H and O–H groups in total. The second-order valence-electron chi connectivity index (χ2n) is 10.2. The van der Waals surface area contributed by atoms with Gasteiger partial charge in [0, 0.05) is 31.2 Å².